The van der Waals surface area contributed by atoms with Gasteiger partial charge in [0.2, 0.25) is 11.8 Å². The largest absolute Gasteiger partial charge is 0.497 e. The molecule has 2 aromatic rings. The molecule has 0 radical (unpaired) electrons. The van der Waals surface area contributed by atoms with Crippen LogP contribution in [0.3, 0.4) is 0 Å². The van der Waals surface area contributed by atoms with Gasteiger partial charge in [-0.15, -0.1) is 0 Å². The van der Waals surface area contributed by atoms with E-state index in [1.54, 1.807) is 7.11 Å². The van der Waals surface area contributed by atoms with Crippen LogP contribution in [0.2, 0.25) is 0 Å². The maximum absolute atomic E-state index is 12.7. The summed E-state index contributed by atoms with van der Waals surface area (Å²) in [6, 6.07) is 16.2. The first-order valence-electron chi connectivity index (χ1n) is 10.4. The zero-order valence-electron chi connectivity index (χ0n) is 16.9. The van der Waals surface area contributed by atoms with Crippen LogP contribution in [-0.4, -0.2) is 43.5 Å². The molecule has 0 aromatic heterocycles. The van der Waals surface area contributed by atoms with Gasteiger partial charge in [-0.25, -0.2) is 0 Å². The Bertz CT molecular complexity index is 891. The maximum atomic E-state index is 12.7. The van der Waals surface area contributed by atoms with Gasteiger partial charge in [-0.05, 0) is 48.1 Å². The van der Waals surface area contributed by atoms with Crippen molar-refractivity contribution in [3.05, 3.63) is 54.1 Å². The lowest BCUT2D eigenvalue weighted by molar-refractivity contribution is -0.138. The van der Waals surface area contributed by atoms with Crippen molar-refractivity contribution in [3.8, 4) is 16.9 Å². The van der Waals surface area contributed by atoms with Crippen molar-refractivity contribution >= 4 is 11.8 Å². The predicted octanol–water partition coefficient (Wildman–Crippen LogP) is 3.28. The monoisotopic (exact) mass is 392 g/mol. The number of nitrogens with one attached hydrogen (secondary N) is 1. The van der Waals surface area contributed by atoms with E-state index in [0.29, 0.717) is 26.1 Å². The molecular formula is C24H28N2O3. The van der Waals surface area contributed by atoms with E-state index >= 15 is 0 Å². The van der Waals surface area contributed by atoms with Crippen LogP contribution in [0.25, 0.3) is 11.1 Å². The molecule has 1 atom stereocenters. The van der Waals surface area contributed by atoms with Crippen molar-refractivity contribution in [2.24, 2.45) is 11.8 Å². The molecule has 2 aliphatic rings. The zero-order chi connectivity index (χ0) is 20.2. The molecule has 29 heavy (non-hydrogen) atoms. The smallest absolute Gasteiger partial charge is 0.225 e. The van der Waals surface area contributed by atoms with Crippen LogP contribution < -0.4 is 10.1 Å². The van der Waals surface area contributed by atoms with Crippen LogP contribution in [0.5, 0.6) is 5.75 Å². The van der Waals surface area contributed by atoms with Gasteiger partial charge < -0.3 is 15.0 Å². The van der Waals surface area contributed by atoms with E-state index < -0.39 is 0 Å². The average molecular weight is 392 g/mol. The minimum atomic E-state index is -0.220. The third kappa shape index (κ3) is 4.44. The minimum Gasteiger partial charge on any atom is -0.497 e. The van der Waals surface area contributed by atoms with Crippen molar-refractivity contribution in [3.63, 3.8) is 0 Å². The molecule has 2 fully saturated rings. The first-order valence-corrected chi connectivity index (χ1v) is 10.4. The van der Waals surface area contributed by atoms with Crippen LogP contribution in [0.4, 0.5) is 0 Å². The minimum absolute atomic E-state index is 0.0423. The molecule has 1 N–H and O–H groups in total. The Labute approximate surface area is 172 Å². The second-order valence-corrected chi connectivity index (χ2v) is 8.04. The molecule has 152 valence electrons. The summed E-state index contributed by atoms with van der Waals surface area (Å²) in [6.45, 7) is 1.66. The lowest BCUT2D eigenvalue weighted by atomic mass is 9.84. The van der Waals surface area contributed by atoms with E-state index in [9.17, 15) is 9.59 Å². The summed E-state index contributed by atoms with van der Waals surface area (Å²) in [4.78, 5) is 27.2. The highest BCUT2D eigenvalue weighted by atomic mass is 16.5. The molecule has 5 heteroatoms. The number of methoxy groups -OCH3 is 1. The zero-order valence-corrected chi connectivity index (χ0v) is 16.9. The maximum Gasteiger partial charge on any atom is 0.225 e. The number of hydrogen-bond acceptors (Lipinski definition) is 3. The molecule has 4 rings (SSSR count). The standard InChI is InChI=1S/C24H28N2O3/c1-29-22-10-4-9-20(15-22)19-8-2-5-17(13-19)14-21-16-26(12-11-25-23(21)27)24(28)18-6-3-7-18/h2,4-5,8-10,13,15,18,21H,3,6-7,11-12,14,16H2,1H3,(H,25,27)/t21-/m1/s1. The Morgan fingerprint density at radius 1 is 1.14 bits per heavy atom. The van der Waals surface area contributed by atoms with Gasteiger partial charge in [0.15, 0.2) is 0 Å². The fraction of sp³-hybridized carbons (Fsp3) is 0.417. The summed E-state index contributed by atoms with van der Waals surface area (Å²) < 4.78 is 5.33. The number of carbonyl (C=O) groups is 2. The molecule has 0 bridgehead atoms. The summed E-state index contributed by atoms with van der Waals surface area (Å²) in [5, 5.41) is 2.99. The fourth-order valence-electron chi connectivity index (χ4n) is 4.13. The average Bonchev–Trinajstić information content (AvgIpc) is 2.88. The Morgan fingerprint density at radius 3 is 2.62 bits per heavy atom. The van der Waals surface area contributed by atoms with Crippen LogP contribution in [0.15, 0.2) is 48.5 Å². The van der Waals surface area contributed by atoms with Gasteiger partial charge in [0.05, 0.1) is 13.0 Å². The van der Waals surface area contributed by atoms with E-state index in [1.165, 1.54) is 0 Å². The van der Waals surface area contributed by atoms with E-state index in [0.717, 1.165) is 41.7 Å². The van der Waals surface area contributed by atoms with E-state index in [-0.39, 0.29) is 23.7 Å². The molecule has 0 spiro atoms. The quantitative estimate of drug-likeness (QED) is 0.850. The van der Waals surface area contributed by atoms with E-state index in [1.807, 2.05) is 29.2 Å². The van der Waals surface area contributed by atoms with Crippen molar-refractivity contribution in [1.29, 1.82) is 0 Å². The lowest BCUT2D eigenvalue weighted by Crippen LogP contribution is -2.42. The number of ether oxygens (including phenoxy) is 1. The van der Waals surface area contributed by atoms with Crippen LogP contribution >= 0.6 is 0 Å². The normalized spacial score (nSPS) is 19.8. The third-order valence-corrected chi connectivity index (χ3v) is 6.07. The molecule has 1 saturated carbocycles. The van der Waals surface area contributed by atoms with Gasteiger partial charge >= 0.3 is 0 Å². The third-order valence-electron chi connectivity index (χ3n) is 6.07. The first kappa shape index (κ1) is 19.5. The summed E-state index contributed by atoms with van der Waals surface area (Å²) in [7, 11) is 1.66. The van der Waals surface area contributed by atoms with Gasteiger partial charge in [0.25, 0.3) is 0 Å². The van der Waals surface area contributed by atoms with Gasteiger partial charge in [0.1, 0.15) is 5.75 Å². The molecule has 1 heterocycles. The van der Waals surface area contributed by atoms with Gasteiger partial charge in [-0.3, -0.25) is 9.59 Å². The van der Waals surface area contributed by atoms with Crippen molar-refractivity contribution in [1.82, 2.24) is 10.2 Å². The Hall–Kier alpha value is -2.82. The molecule has 1 saturated heterocycles. The number of nitrogens with zero attached hydrogens (tertiary/aromatic N) is 1. The number of benzene rings is 2. The molecule has 5 nitrogen and oxygen atoms in total. The Kier molecular flexibility index (Phi) is 5.84. The van der Waals surface area contributed by atoms with Crippen molar-refractivity contribution < 1.29 is 14.3 Å². The summed E-state index contributed by atoms with van der Waals surface area (Å²) in [5.74, 6) is 1.03. The second kappa shape index (κ2) is 8.68. The number of hydrogen-bond donors (Lipinski definition) is 1. The van der Waals surface area contributed by atoms with Gasteiger partial charge in [-0.1, -0.05) is 42.8 Å². The van der Waals surface area contributed by atoms with Crippen LogP contribution in [0.1, 0.15) is 24.8 Å². The number of carbonyl (C=O) groups excluding carboxylic acids is 2. The summed E-state index contributed by atoms with van der Waals surface area (Å²) >= 11 is 0. The first-order chi connectivity index (χ1) is 14.1. The SMILES string of the molecule is COc1cccc(-c2cccc(C[C@@H]3CN(C(=O)C4CCC4)CCNC3=O)c2)c1. The molecule has 0 unspecified atom stereocenters. The van der Waals surface area contributed by atoms with E-state index in [4.69, 9.17) is 4.74 Å². The molecule has 1 aliphatic carbocycles. The number of rotatable bonds is 5. The molecular weight excluding hydrogens is 364 g/mol. The molecule has 1 aliphatic heterocycles. The fourth-order valence-corrected chi connectivity index (χ4v) is 4.13. The van der Waals surface area contributed by atoms with Gasteiger partial charge in [-0.2, -0.15) is 0 Å². The molecule has 2 amide bonds. The molecule has 2 aromatic carbocycles. The topological polar surface area (TPSA) is 58.6 Å². The Balaban J connectivity index is 1.50. The summed E-state index contributed by atoms with van der Waals surface area (Å²) in [5.41, 5.74) is 3.28. The van der Waals surface area contributed by atoms with Crippen molar-refractivity contribution in [2.75, 3.05) is 26.7 Å². The predicted molar refractivity (Wildman–Crippen MR) is 113 cm³/mol. The van der Waals surface area contributed by atoms with Crippen molar-refractivity contribution in [2.45, 2.75) is 25.7 Å². The highest BCUT2D eigenvalue weighted by molar-refractivity contribution is 5.83. The lowest BCUT2D eigenvalue weighted by Gasteiger charge is -2.31. The summed E-state index contributed by atoms with van der Waals surface area (Å²) in [6.07, 6.45) is 3.74. The highest BCUT2D eigenvalue weighted by Crippen LogP contribution is 2.29. The van der Waals surface area contributed by atoms with Crippen LogP contribution in [0, 0.1) is 11.8 Å². The second-order valence-electron chi connectivity index (χ2n) is 8.04. The van der Waals surface area contributed by atoms with Gasteiger partial charge in [0, 0.05) is 25.6 Å². The Morgan fingerprint density at radius 2 is 1.90 bits per heavy atom. The van der Waals surface area contributed by atoms with E-state index in [2.05, 4.69) is 29.6 Å². The highest BCUT2D eigenvalue weighted by Gasteiger charge is 2.33. The van der Waals surface area contributed by atoms with Crippen LogP contribution in [-0.2, 0) is 16.0 Å². The number of amides is 2.